The summed E-state index contributed by atoms with van der Waals surface area (Å²) < 4.78 is 5.16. The number of hydrogen-bond donors (Lipinski definition) is 0. The van der Waals surface area contributed by atoms with Gasteiger partial charge < -0.3 is 9.64 Å². The minimum Gasteiger partial charge on any atom is -0.378 e. The van der Waals surface area contributed by atoms with Crippen LogP contribution in [0.1, 0.15) is 10.4 Å². The largest absolute Gasteiger partial charge is 0.378 e. The van der Waals surface area contributed by atoms with E-state index in [1.165, 1.54) is 0 Å². The van der Waals surface area contributed by atoms with Crippen molar-refractivity contribution in [1.29, 1.82) is 0 Å². The van der Waals surface area contributed by atoms with Crippen molar-refractivity contribution in [3.63, 3.8) is 0 Å². The third-order valence-corrected chi connectivity index (χ3v) is 2.43. The molecule has 0 spiro atoms. The van der Waals surface area contributed by atoms with E-state index in [0.717, 1.165) is 25.1 Å². The molecule has 0 bridgehead atoms. The highest BCUT2D eigenvalue weighted by Crippen LogP contribution is 2.21. The van der Waals surface area contributed by atoms with Crippen LogP contribution in [0.15, 0.2) is 18.5 Å². The maximum Gasteiger partial charge on any atom is 0.151 e. The summed E-state index contributed by atoms with van der Waals surface area (Å²) in [7, 11) is 1.71. The summed E-state index contributed by atoms with van der Waals surface area (Å²) in [5.41, 5.74) is 1.60. The third-order valence-electron chi connectivity index (χ3n) is 2.43. The summed E-state index contributed by atoms with van der Waals surface area (Å²) in [6.07, 6.45) is 4.45. The number of nitrogens with zero attached hydrogens (tertiary/aromatic N) is 2. The van der Waals surface area contributed by atoms with Crippen molar-refractivity contribution in [2.45, 2.75) is 6.10 Å². The first-order chi connectivity index (χ1) is 6.83. The first kappa shape index (κ1) is 9.15. The number of methoxy groups -OCH3 is 1. The molecule has 0 unspecified atom stereocenters. The quantitative estimate of drug-likeness (QED) is 0.662. The van der Waals surface area contributed by atoms with Gasteiger partial charge in [0.2, 0.25) is 0 Å². The van der Waals surface area contributed by atoms with Crippen molar-refractivity contribution < 1.29 is 9.53 Å². The van der Waals surface area contributed by atoms with Crippen LogP contribution >= 0.6 is 0 Å². The smallest absolute Gasteiger partial charge is 0.151 e. The molecule has 4 nitrogen and oxygen atoms in total. The number of pyridine rings is 1. The second-order valence-corrected chi connectivity index (χ2v) is 3.36. The highest BCUT2D eigenvalue weighted by Gasteiger charge is 2.26. The van der Waals surface area contributed by atoms with Crippen LogP contribution in [-0.2, 0) is 4.74 Å². The van der Waals surface area contributed by atoms with Gasteiger partial charge in [-0.1, -0.05) is 0 Å². The number of carbonyl (C=O) groups excluding carboxylic acids is 1. The van der Waals surface area contributed by atoms with Gasteiger partial charge in [0, 0.05) is 32.0 Å². The van der Waals surface area contributed by atoms with Crippen LogP contribution in [0.25, 0.3) is 0 Å². The summed E-state index contributed by atoms with van der Waals surface area (Å²) in [6, 6.07) is 1.84. The zero-order valence-electron chi connectivity index (χ0n) is 8.01. The molecule has 1 saturated heterocycles. The van der Waals surface area contributed by atoms with Gasteiger partial charge in [0.15, 0.2) is 6.29 Å². The summed E-state index contributed by atoms with van der Waals surface area (Å²) in [5.74, 6) is 0. The lowest BCUT2D eigenvalue weighted by Crippen LogP contribution is -2.51. The van der Waals surface area contributed by atoms with E-state index in [2.05, 4.69) is 9.88 Å². The zero-order valence-corrected chi connectivity index (χ0v) is 8.01. The normalized spacial score (nSPS) is 16.5. The van der Waals surface area contributed by atoms with Gasteiger partial charge in [-0.15, -0.1) is 0 Å². The summed E-state index contributed by atoms with van der Waals surface area (Å²) in [5, 5.41) is 0. The lowest BCUT2D eigenvalue weighted by atomic mass is 10.1. The molecule has 2 rings (SSSR count). The van der Waals surface area contributed by atoms with Crippen molar-refractivity contribution in [2.24, 2.45) is 0 Å². The standard InChI is InChI=1S/C10H12N2O2/c1-14-10-5-12(6-10)9-2-8(7-13)3-11-4-9/h2-4,7,10H,5-6H2,1H3. The number of rotatable bonds is 3. The van der Waals surface area contributed by atoms with Crippen LogP contribution in [0, 0.1) is 0 Å². The molecule has 1 fully saturated rings. The number of carbonyl (C=O) groups is 1. The number of hydrogen-bond acceptors (Lipinski definition) is 4. The van der Waals surface area contributed by atoms with Gasteiger partial charge in [0.25, 0.3) is 0 Å². The van der Waals surface area contributed by atoms with E-state index in [4.69, 9.17) is 4.74 Å². The zero-order chi connectivity index (χ0) is 9.97. The van der Waals surface area contributed by atoms with E-state index < -0.39 is 0 Å². The van der Waals surface area contributed by atoms with E-state index in [1.54, 1.807) is 19.5 Å². The summed E-state index contributed by atoms with van der Waals surface area (Å²) in [6.45, 7) is 1.75. The monoisotopic (exact) mass is 192 g/mol. The summed E-state index contributed by atoms with van der Waals surface area (Å²) >= 11 is 0. The maximum absolute atomic E-state index is 10.5. The molecule has 1 aliphatic rings. The van der Waals surface area contributed by atoms with Gasteiger partial charge in [-0.25, -0.2) is 0 Å². The minimum atomic E-state index is 0.315. The van der Waals surface area contributed by atoms with Crippen molar-refractivity contribution in [3.8, 4) is 0 Å². The molecule has 0 atom stereocenters. The summed E-state index contributed by atoms with van der Waals surface area (Å²) in [4.78, 5) is 16.7. The number of anilines is 1. The molecule has 0 aliphatic carbocycles. The van der Waals surface area contributed by atoms with E-state index in [-0.39, 0.29) is 0 Å². The fraction of sp³-hybridized carbons (Fsp3) is 0.400. The molecule has 74 valence electrons. The third kappa shape index (κ3) is 1.61. The predicted molar refractivity (Wildman–Crippen MR) is 52.6 cm³/mol. The highest BCUT2D eigenvalue weighted by molar-refractivity contribution is 5.76. The van der Waals surface area contributed by atoms with Crippen molar-refractivity contribution in [2.75, 3.05) is 25.1 Å². The Balaban J connectivity index is 2.07. The Kier molecular flexibility index (Phi) is 2.45. The van der Waals surface area contributed by atoms with Crippen LogP contribution in [-0.4, -0.2) is 37.6 Å². The van der Waals surface area contributed by atoms with Crippen molar-refractivity contribution in [3.05, 3.63) is 24.0 Å². The Morgan fingerprint density at radius 3 is 3.00 bits per heavy atom. The lowest BCUT2D eigenvalue weighted by molar-refractivity contribution is 0.0787. The van der Waals surface area contributed by atoms with Gasteiger partial charge in [-0.3, -0.25) is 9.78 Å². The fourth-order valence-corrected chi connectivity index (χ4v) is 1.48. The molecule has 2 heterocycles. The highest BCUT2D eigenvalue weighted by atomic mass is 16.5. The first-order valence-corrected chi connectivity index (χ1v) is 4.51. The Labute approximate surface area is 82.5 Å². The van der Waals surface area contributed by atoms with Gasteiger partial charge in [0.05, 0.1) is 18.0 Å². The molecule has 0 amide bonds. The number of aromatic nitrogens is 1. The average Bonchev–Trinajstić information content (AvgIpc) is 2.17. The molecule has 1 aliphatic heterocycles. The van der Waals surface area contributed by atoms with E-state index in [0.29, 0.717) is 11.7 Å². The van der Waals surface area contributed by atoms with Crippen LogP contribution in [0.5, 0.6) is 0 Å². The Morgan fingerprint density at radius 2 is 2.36 bits per heavy atom. The molecule has 0 aromatic carbocycles. The molecular formula is C10H12N2O2. The van der Waals surface area contributed by atoms with Crippen molar-refractivity contribution >= 4 is 12.0 Å². The fourth-order valence-electron chi connectivity index (χ4n) is 1.48. The Morgan fingerprint density at radius 1 is 1.57 bits per heavy atom. The van der Waals surface area contributed by atoms with Crippen LogP contribution in [0.2, 0.25) is 0 Å². The molecule has 1 aromatic rings. The SMILES string of the molecule is COC1CN(c2cncc(C=O)c2)C1. The van der Waals surface area contributed by atoms with Crippen LogP contribution in [0.3, 0.4) is 0 Å². The molecule has 1 aromatic heterocycles. The van der Waals surface area contributed by atoms with Crippen LogP contribution in [0.4, 0.5) is 5.69 Å². The molecular weight excluding hydrogens is 180 g/mol. The van der Waals surface area contributed by atoms with Crippen molar-refractivity contribution in [1.82, 2.24) is 4.98 Å². The molecule has 14 heavy (non-hydrogen) atoms. The Hall–Kier alpha value is -1.42. The second kappa shape index (κ2) is 3.75. The van der Waals surface area contributed by atoms with Gasteiger partial charge in [-0.2, -0.15) is 0 Å². The topological polar surface area (TPSA) is 42.4 Å². The lowest BCUT2D eigenvalue weighted by Gasteiger charge is -2.39. The predicted octanol–water partition coefficient (Wildman–Crippen LogP) is 0.729. The molecule has 0 saturated carbocycles. The van der Waals surface area contributed by atoms with E-state index >= 15 is 0 Å². The molecule has 0 radical (unpaired) electrons. The van der Waals surface area contributed by atoms with Gasteiger partial charge in [0.1, 0.15) is 0 Å². The van der Waals surface area contributed by atoms with Crippen LogP contribution < -0.4 is 4.90 Å². The van der Waals surface area contributed by atoms with Gasteiger partial charge in [-0.05, 0) is 6.07 Å². The van der Waals surface area contributed by atoms with E-state index in [9.17, 15) is 4.79 Å². The number of aldehydes is 1. The minimum absolute atomic E-state index is 0.315. The maximum atomic E-state index is 10.5. The first-order valence-electron chi connectivity index (χ1n) is 4.51. The van der Waals surface area contributed by atoms with E-state index in [1.807, 2.05) is 6.07 Å². The second-order valence-electron chi connectivity index (χ2n) is 3.36. The molecule has 0 N–H and O–H groups in total. The van der Waals surface area contributed by atoms with Gasteiger partial charge >= 0.3 is 0 Å². The molecule has 4 heteroatoms. The Bertz CT molecular complexity index is 335. The number of ether oxygens (including phenoxy) is 1. The average molecular weight is 192 g/mol.